The van der Waals surface area contributed by atoms with Gasteiger partial charge >= 0.3 is 0 Å². The van der Waals surface area contributed by atoms with Crippen molar-refractivity contribution in [3.63, 3.8) is 0 Å². The van der Waals surface area contributed by atoms with Crippen LogP contribution in [-0.2, 0) is 0 Å². The quantitative estimate of drug-likeness (QED) is 0.674. The van der Waals surface area contributed by atoms with Crippen molar-refractivity contribution in [3.05, 3.63) is 29.8 Å². The van der Waals surface area contributed by atoms with Gasteiger partial charge < -0.3 is 4.74 Å². The lowest BCUT2D eigenvalue weighted by Crippen LogP contribution is -2.15. The summed E-state index contributed by atoms with van der Waals surface area (Å²) >= 11 is 0. The number of rotatable bonds is 6. The van der Waals surface area contributed by atoms with Gasteiger partial charge in [0.05, 0.1) is 11.7 Å². The first-order valence-electron chi connectivity index (χ1n) is 7.48. The molecule has 0 saturated carbocycles. The van der Waals surface area contributed by atoms with Crippen LogP contribution in [0.3, 0.4) is 0 Å². The zero-order valence-electron chi connectivity index (χ0n) is 13.7. The molecule has 0 amide bonds. The molecule has 1 rings (SSSR count). The van der Waals surface area contributed by atoms with Gasteiger partial charge in [0, 0.05) is 6.42 Å². The minimum atomic E-state index is 0.0796. The highest BCUT2D eigenvalue weighted by molar-refractivity contribution is 5.98. The molecule has 1 aromatic rings. The van der Waals surface area contributed by atoms with Gasteiger partial charge in [0.1, 0.15) is 5.75 Å². The van der Waals surface area contributed by atoms with Crippen molar-refractivity contribution in [2.75, 3.05) is 0 Å². The molecule has 0 spiro atoms. The van der Waals surface area contributed by atoms with E-state index in [1.807, 2.05) is 38.1 Å². The van der Waals surface area contributed by atoms with Gasteiger partial charge in [0.2, 0.25) is 0 Å². The third-order valence-electron chi connectivity index (χ3n) is 3.04. The van der Waals surface area contributed by atoms with E-state index in [2.05, 4.69) is 27.7 Å². The predicted octanol–water partition coefficient (Wildman–Crippen LogP) is 5.12. The Kier molecular flexibility index (Phi) is 5.79. The number of carbonyl (C=O) groups excluding carboxylic acids is 1. The van der Waals surface area contributed by atoms with Gasteiger partial charge in [0.15, 0.2) is 5.78 Å². The first kappa shape index (κ1) is 16.7. The number of ether oxygens (including phenoxy) is 1. The molecule has 1 aromatic carbocycles. The first-order valence-corrected chi connectivity index (χ1v) is 7.48. The maximum absolute atomic E-state index is 12.5. The average molecular weight is 276 g/mol. The van der Waals surface area contributed by atoms with E-state index in [9.17, 15) is 4.79 Å². The van der Waals surface area contributed by atoms with E-state index in [-0.39, 0.29) is 17.3 Å². The zero-order valence-corrected chi connectivity index (χ0v) is 13.7. The van der Waals surface area contributed by atoms with Crippen molar-refractivity contribution < 1.29 is 9.53 Å². The summed E-state index contributed by atoms with van der Waals surface area (Å²) in [5, 5.41) is 0. The van der Waals surface area contributed by atoms with Gasteiger partial charge in [-0.2, -0.15) is 0 Å². The SMILES string of the molecule is CC(CC(=O)c1ccccc1OC(C)C)CC(C)(C)C. The van der Waals surface area contributed by atoms with Crippen molar-refractivity contribution in [3.8, 4) is 5.75 Å². The van der Waals surface area contributed by atoms with E-state index < -0.39 is 0 Å². The number of ketones is 1. The summed E-state index contributed by atoms with van der Waals surface area (Å²) in [6.07, 6.45) is 1.71. The molecule has 0 aliphatic carbocycles. The lowest BCUT2D eigenvalue weighted by molar-refractivity contribution is 0.0948. The number of benzene rings is 1. The third kappa shape index (κ3) is 5.77. The molecule has 0 aliphatic rings. The lowest BCUT2D eigenvalue weighted by atomic mass is 9.83. The first-order chi connectivity index (χ1) is 9.19. The Labute approximate surface area is 123 Å². The fourth-order valence-corrected chi connectivity index (χ4v) is 2.60. The summed E-state index contributed by atoms with van der Waals surface area (Å²) in [5.41, 5.74) is 0.968. The molecule has 2 nitrogen and oxygen atoms in total. The minimum Gasteiger partial charge on any atom is -0.490 e. The highest BCUT2D eigenvalue weighted by Gasteiger charge is 2.20. The number of hydrogen-bond acceptors (Lipinski definition) is 2. The normalized spacial score (nSPS) is 13.3. The number of Topliss-reactive ketones (excluding diaryl/α,β-unsaturated/α-hetero) is 1. The molecule has 1 atom stereocenters. The van der Waals surface area contributed by atoms with Gasteiger partial charge in [-0.1, -0.05) is 39.8 Å². The van der Waals surface area contributed by atoms with E-state index in [1.165, 1.54) is 0 Å². The standard InChI is InChI=1S/C18H28O2/c1-13(2)20-17-10-8-7-9-15(17)16(19)11-14(3)12-18(4,5)6/h7-10,13-14H,11-12H2,1-6H3. The van der Waals surface area contributed by atoms with Crippen LogP contribution in [0.15, 0.2) is 24.3 Å². The van der Waals surface area contributed by atoms with Crippen molar-refractivity contribution >= 4 is 5.78 Å². The van der Waals surface area contributed by atoms with Gasteiger partial charge in [-0.3, -0.25) is 4.79 Å². The number of carbonyl (C=O) groups is 1. The van der Waals surface area contributed by atoms with Crippen molar-refractivity contribution in [2.45, 2.75) is 60.5 Å². The second kappa shape index (κ2) is 6.92. The maximum atomic E-state index is 12.5. The van der Waals surface area contributed by atoms with E-state index in [1.54, 1.807) is 0 Å². The fraction of sp³-hybridized carbons (Fsp3) is 0.611. The largest absolute Gasteiger partial charge is 0.490 e. The summed E-state index contributed by atoms with van der Waals surface area (Å²) in [6, 6.07) is 7.55. The zero-order chi connectivity index (χ0) is 15.3. The summed E-state index contributed by atoms with van der Waals surface area (Å²) in [7, 11) is 0. The average Bonchev–Trinajstić information content (AvgIpc) is 2.25. The molecular weight excluding hydrogens is 248 g/mol. The molecule has 1 unspecified atom stereocenters. The molecule has 0 bridgehead atoms. The van der Waals surface area contributed by atoms with Crippen LogP contribution in [0.5, 0.6) is 5.75 Å². The van der Waals surface area contributed by atoms with Gasteiger partial charge in [-0.05, 0) is 43.7 Å². The van der Waals surface area contributed by atoms with Crippen molar-refractivity contribution in [1.82, 2.24) is 0 Å². The lowest BCUT2D eigenvalue weighted by Gasteiger charge is -2.23. The predicted molar refractivity (Wildman–Crippen MR) is 84.4 cm³/mol. The Morgan fingerprint density at radius 1 is 1.15 bits per heavy atom. The summed E-state index contributed by atoms with van der Waals surface area (Å²) in [5.74, 6) is 1.27. The van der Waals surface area contributed by atoms with Crippen molar-refractivity contribution in [2.24, 2.45) is 11.3 Å². The highest BCUT2D eigenvalue weighted by Crippen LogP contribution is 2.28. The topological polar surface area (TPSA) is 26.3 Å². The van der Waals surface area contributed by atoms with Crippen LogP contribution in [0.4, 0.5) is 0 Å². The molecular formula is C18H28O2. The second-order valence-electron chi connectivity index (χ2n) is 7.16. The monoisotopic (exact) mass is 276 g/mol. The smallest absolute Gasteiger partial charge is 0.166 e. The number of hydrogen-bond donors (Lipinski definition) is 0. The van der Waals surface area contributed by atoms with E-state index in [0.717, 1.165) is 6.42 Å². The fourth-order valence-electron chi connectivity index (χ4n) is 2.60. The maximum Gasteiger partial charge on any atom is 0.166 e. The Morgan fingerprint density at radius 3 is 2.30 bits per heavy atom. The Balaban J connectivity index is 2.77. The van der Waals surface area contributed by atoms with Gasteiger partial charge in [0.25, 0.3) is 0 Å². The van der Waals surface area contributed by atoms with Crippen molar-refractivity contribution in [1.29, 1.82) is 0 Å². The van der Waals surface area contributed by atoms with Gasteiger partial charge in [-0.15, -0.1) is 0 Å². The summed E-state index contributed by atoms with van der Waals surface area (Å²) in [4.78, 5) is 12.5. The molecule has 0 radical (unpaired) electrons. The van der Waals surface area contributed by atoms with Crippen LogP contribution in [0.1, 0.15) is 64.7 Å². The van der Waals surface area contributed by atoms with Gasteiger partial charge in [-0.25, -0.2) is 0 Å². The molecule has 112 valence electrons. The molecule has 2 heteroatoms. The van der Waals surface area contributed by atoms with E-state index in [4.69, 9.17) is 4.74 Å². The number of para-hydroxylation sites is 1. The van der Waals surface area contributed by atoms with Crippen LogP contribution in [0.2, 0.25) is 0 Å². The van der Waals surface area contributed by atoms with Crippen LogP contribution in [-0.4, -0.2) is 11.9 Å². The Morgan fingerprint density at radius 2 is 1.75 bits per heavy atom. The Bertz CT molecular complexity index is 441. The van der Waals surface area contributed by atoms with Crippen LogP contribution in [0, 0.1) is 11.3 Å². The molecule has 0 aliphatic heterocycles. The molecule has 0 saturated heterocycles. The summed E-state index contributed by atoms with van der Waals surface area (Å²) in [6.45, 7) is 12.7. The summed E-state index contributed by atoms with van der Waals surface area (Å²) < 4.78 is 5.73. The van der Waals surface area contributed by atoms with Crippen LogP contribution in [0.25, 0.3) is 0 Å². The van der Waals surface area contributed by atoms with Crippen LogP contribution < -0.4 is 4.74 Å². The molecule has 0 heterocycles. The molecule has 0 aromatic heterocycles. The molecule has 0 N–H and O–H groups in total. The second-order valence-corrected chi connectivity index (χ2v) is 7.16. The third-order valence-corrected chi connectivity index (χ3v) is 3.04. The Hall–Kier alpha value is -1.31. The molecule has 20 heavy (non-hydrogen) atoms. The van der Waals surface area contributed by atoms with E-state index in [0.29, 0.717) is 23.7 Å². The molecule has 0 fully saturated rings. The minimum absolute atomic E-state index is 0.0796. The highest BCUT2D eigenvalue weighted by atomic mass is 16.5. The van der Waals surface area contributed by atoms with E-state index >= 15 is 0 Å². The van der Waals surface area contributed by atoms with Crippen LogP contribution >= 0.6 is 0 Å².